The molecule has 0 radical (unpaired) electrons. The topological polar surface area (TPSA) is 239 Å². The van der Waals surface area contributed by atoms with Crippen molar-refractivity contribution in [1.82, 2.24) is 5.32 Å². The average Bonchev–Trinajstić information content (AvgIpc) is 2.61. The van der Waals surface area contributed by atoms with Crippen molar-refractivity contribution in [3.05, 3.63) is 11.8 Å². The number of carbonyl (C=O) groups excluding carboxylic acids is 1. The van der Waals surface area contributed by atoms with E-state index in [1.807, 2.05) is 0 Å². The van der Waals surface area contributed by atoms with Gasteiger partial charge in [0.25, 0.3) is 0 Å². The van der Waals surface area contributed by atoms with Gasteiger partial charge in [0.15, 0.2) is 12.4 Å². The van der Waals surface area contributed by atoms with E-state index in [0.717, 1.165) is 6.92 Å². The fraction of sp³-hybridized carbons (Fsp3) is 0.714. The van der Waals surface area contributed by atoms with Crippen molar-refractivity contribution < 1.29 is 66.5 Å². The Bertz CT molecular complexity index is 784. The number of carboxylic acids is 1. The number of amides is 1. The monoisotopic (exact) mass is 459 g/mol. The molecule has 15 nitrogen and oxygen atoms in total. The van der Waals surface area contributed by atoms with E-state index in [2.05, 4.69) is 9.50 Å². The number of carbonyl (C=O) groups is 2. The molecule has 2 aliphatic heterocycles. The van der Waals surface area contributed by atoms with Crippen molar-refractivity contribution in [2.75, 3.05) is 6.61 Å². The second-order valence-corrected chi connectivity index (χ2v) is 7.41. The molecule has 16 heteroatoms. The molecule has 2 aliphatic rings. The van der Waals surface area contributed by atoms with Gasteiger partial charge < -0.3 is 45.1 Å². The van der Waals surface area contributed by atoms with Crippen LogP contribution in [-0.4, -0.2) is 106 Å². The van der Waals surface area contributed by atoms with Gasteiger partial charge in [0.05, 0.1) is 6.61 Å². The van der Waals surface area contributed by atoms with Crippen LogP contribution >= 0.6 is 0 Å². The standard InChI is InChI=1S/C14H21NO14S/c1-4(17)15-8-9(19)11(7(3-16)26-13(8)22)28-14-10(29-30(23,24)25)5(18)2-6(27-14)12(20)21/h2,5,7-11,13-14,16,18-19,22H,3H2,1H3,(H,15,17)(H,20,21)(H,23,24,25)/t5-,7+,8+,9+,10+,11+,13+,14-/m0/s1. The van der Waals surface area contributed by atoms with Crippen molar-refractivity contribution in [2.24, 2.45) is 0 Å². The molecule has 0 bridgehead atoms. The zero-order valence-corrected chi connectivity index (χ0v) is 16.1. The molecule has 172 valence electrons. The van der Waals surface area contributed by atoms with Gasteiger partial charge in [-0.05, 0) is 6.08 Å². The van der Waals surface area contributed by atoms with Crippen LogP contribution in [0.25, 0.3) is 0 Å². The summed E-state index contributed by atoms with van der Waals surface area (Å²) in [5.74, 6) is -3.21. The normalized spacial score (nSPS) is 37.1. The van der Waals surface area contributed by atoms with Gasteiger partial charge in [0.2, 0.25) is 18.0 Å². The first-order valence-corrected chi connectivity index (χ1v) is 9.71. The zero-order valence-electron chi connectivity index (χ0n) is 15.3. The van der Waals surface area contributed by atoms with Crippen LogP contribution in [-0.2, 0) is 38.4 Å². The van der Waals surface area contributed by atoms with Gasteiger partial charge in [0, 0.05) is 6.92 Å². The van der Waals surface area contributed by atoms with Gasteiger partial charge in [-0.2, -0.15) is 8.42 Å². The third-order valence-electron chi connectivity index (χ3n) is 4.15. The maximum atomic E-state index is 11.3. The maximum Gasteiger partial charge on any atom is 0.397 e. The lowest BCUT2D eigenvalue weighted by Crippen LogP contribution is -2.66. The second kappa shape index (κ2) is 9.50. The van der Waals surface area contributed by atoms with Gasteiger partial charge >= 0.3 is 16.4 Å². The fourth-order valence-electron chi connectivity index (χ4n) is 2.91. The summed E-state index contributed by atoms with van der Waals surface area (Å²) in [5, 5.41) is 51.1. The number of carboxylic acid groups (broad SMARTS) is 1. The Kier molecular flexibility index (Phi) is 7.72. The predicted molar refractivity (Wildman–Crippen MR) is 89.5 cm³/mol. The lowest BCUT2D eigenvalue weighted by Gasteiger charge is -2.44. The minimum absolute atomic E-state index is 0.583. The predicted octanol–water partition coefficient (Wildman–Crippen LogP) is -4.18. The first-order chi connectivity index (χ1) is 13.8. The number of aliphatic carboxylic acids is 1. The van der Waals surface area contributed by atoms with Crippen LogP contribution in [0.5, 0.6) is 0 Å². The van der Waals surface area contributed by atoms with Crippen molar-refractivity contribution in [1.29, 1.82) is 0 Å². The van der Waals surface area contributed by atoms with E-state index in [0.29, 0.717) is 6.08 Å². The maximum absolute atomic E-state index is 11.3. The van der Waals surface area contributed by atoms with E-state index in [1.165, 1.54) is 0 Å². The quantitative estimate of drug-likeness (QED) is 0.179. The molecule has 0 aromatic rings. The summed E-state index contributed by atoms with van der Waals surface area (Å²) >= 11 is 0. The summed E-state index contributed by atoms with van der Waals surface area (Å²) in [6.45, 7) is 0.236. The molecule has 30 heavy (non-hydrogen) atoms. The van der Waals surface area contributed by atoms with Crippen molar-refractivity contribution in [3.63, 3.8) is 0 Å². The Morgan fingerprint density at radius 1 is 1.23 bits per heavy atom. The van der Waals surface area contributed by atoms with Gasteiger partial charge in [-0.1, -0.05) is 0 Å². The minimum Gasteiger partial charge on any atom is -0.475 e. The van der Waals surface area contributed by atoms with E-state index >= 15 is 0 Å². The molecule has 0 aromatic carbocycles. The number of hydrogen-bond donors (Lipinski definition) is 7. The highest BCUT2D eigenvalue weighted by Crippen LogP contribution is 2.29. The summed E-state index contributed by atoms with van der Waals surface area (Å²) in [4.78, 5) is 22.5. The largest absolute Gasteiger partial charge is 0.475 e. The summed E-state index contributed by atoms with van der Waals surface area (Å²) in [6.07, 6.45) is -12.1. The molecule has 0 saturated carbocycles. The number of aliphatic hydroxyl groups excluding tert-OH is 4. The number of aliphatic hydroxyl groups is 4. The fourth-order valence-corrected chi connectivity index (χ4v) is 3.39. The lowest BCUT2D eigenvalue weighted by molar-refractivity contribution is -0.304. The van der Waals surface area contributed by atoms with E-state index in [4.69, 9.17) is 23.9 Å². The molecule has 7 N–H and O–H groups in total. The molecular weight excluding hydrogens is 438 g/mol. The smallest absolute Gasteiger partial charge is 0.397 e. The van der Waals surface area contributed by atoms with Crippen LogP contribution in [0.15, 0.2) is 11.8 Å². The average molecular weight is 459 g/mol. The SMILES string of the molecule is CC(=O)N[C@@H]1[C@@H](O)[C@H](O[C@@H]2OC(C(=O)O)=C[C@H](O)[C@H]2OS(=O)(=O)O)[C@@H](CO)O[C@H]1O. The first-order valence-electron chi connectivity index (χ1n) is 8.34. The molecular formula is C14H21NO14S. The van der Waals surface area contributed by atoms with Crippen LogP contribution in [0.2, 0.25) is 0 Å². The third kappa shape index (κ3) is 5.84. The lowest BCUT2D eigenvalue weighted by atomic mass is 9.96. The van der Waals surface area contributed by atoms with Crippen LogP contribution < -0.4 is 5.32 Å². The van der Waals surface area contributed by atoms with Gasteiger partial charge in [-0.3, -0.25) is 9.35 Å². The van der Waals surface area contributed by atoms with Gasteiger partial charge in [-0.25, -0.2) is 8.98 Å². The molecule has 1 amide bonds. The van der Waals surface area contributed by atoms with Crippen molar-refractivity contribution in [3.8, 4) is 0 Å². The molecule has 8 atom stereocenters. The summed E-state index contributed by atoms with van der Waals surface area (Å²) in [6, 6.07) is -1.46. The van der Waals surface area contributed by atoms with E-state index in [9.17, 15) is 38.4 Å². The number of hydrogen-bond acceptors (Lipinski definition) is 12. The highest BCUT2D eigenvalue weighted by molar-refractivity contribution is 7.80. The van der Waals surface area contributed by atoms with Crippen LogP contribution in [0.1, 0.15) is 6.92 Å². The number of rotatable bonds is 7. The summed E-state index contributed by atoms with van der Waals surface area (Å²) < 4.78 is 50.7. The number of nitrogens with one attached hydrogen (secondary N) is 1. The first kappa shape index (κ1) is 24.4. The number of ether oxygens (including phenoxy) is 3. The summed E-state index contributed by atoms with van der Waals surface area (Å²) in [7, 11) is -5.17. The van der Waals surface area contributed by atoms with Gasteiger partial charge in [0.1, 0.15) is 30.5 Å². The molecule has 2 rings (SSSR count). The van der Waals surface area contributed by atoms with Crippen LogP contribution in [0.4, 0.5) is 0 Å². The molecule has 2 heterocycles. The van der Waals surface area contributed by atoms with Crippen molar-refractivity contribution in [2.45, 2.75) is 56.1 Å². The Morgan fingerprint density at radius 2 is 1.87 bits per heavy atom. The molecule has 0 unspecified atom stereocenters. The molecule has 0 aromatic heterocycles. The Morgan fingerprint density at radius 3 is 2.37 bits per heavy atom. The van der Waals surface area contributed by atoms with Gasteiger partial charge in [-0.15, -0.1) is 0 Å². The molecule has 0 aliphatic carbocycles. The highest BCUT2D eigenvalue weighted by atomic mass is 32.3. The minimum atomic E-state index is -5.17. The zero-order chi connectivity index (χ0) is 22.8. The second-order valence-electron chi connectivity index (χ2n) is 6.37. The Balaban J connectivity index is 2.33. The van der Waals surface area contributed by atoms with Crippen LogP contribution in [0.3, 0.4) is 0 Å². The van der Waals surface area contributed by atoms with E-state index in [-0.39, 0.29) is 0 Å². The summed E-state index contributed by atoms with van der Waals surface area (Å²) in [5.41, 5.74) is 0. The molecule has 1 fully saturated rings. The highest BCUT2D eigenvalue weighted by Gasteiger charge is 2.50. The van der Waals surface area contributed by atoms with Crippen LogP contribution in [0, 0.1) is 0 Å². The van der Waals surface area contributed by atoms with E-state index < -0.39 is 83.8 Å². The third-order valence-corrected chi connectivity index (χ3v) is 4.61. The molecule has 0 spiro atoms. The Hall–Kier alpha value is -1.89. The Labute approximate surface area is 169 Å². The van der Waals surface area contributed by atoms with E-state index in [1.54, 1.807) is 0 Å². The van der Waals surface area contributed by atoms with Crippen molar-refractivity contribution >= 4 is 22.3 Å². The molecule has 1 saturated heterocycles.